The topological polar surface area (TPSA) is 108 Å². The average molecular weight is 406 g/mol. The Bertz CT molecular complexity index is 714. The van der Waals surface area contributed by atoms with Crippen molar-refractivity contribution in [1.82, 2.24) is 14.9 Å². The predicted octanol–water partition coefficient (Wildman–Crippen LogP) is -0.586. The first-order valence-corrected chi connectivity index (χ1v) is 10.0. The molecule has 1 aromatic heterocycles. The number of anilines is 1. The van der Waals surface area contributed by atoms with Crippen LogP contribution in [-0.2, 0) is 14.1 Å². The number of hydrogen-bond acceptors (Lipinski definition) is 8. The van der Waals surface area contributed by atoms with Gasteiger partial charge in [-0.2, -0.15) is 0 Å². The normalized spacial score (nSPS) is 24.0. The minimum Gasteiger partial charge on any atom is -0.399 e. The molecule has 0 saturated carbocycles. The van der Waals surface area contributed by atoms with Crippen molar-refractivity contribution in [2.45, 2.75) is 51.4 Å². The third-order valence-electron chi connectivity index (χ3n) is 6.11. The summed E-state index contributed by atoms with van der Waals surface area (Å²) in [5.74, 6) is 0.423. The van der Waals surface area contributed by atoms with E-state index >= 15 is 0 Å². The monoisotopic (exact) mass is 406 g/mol. The summed E-state index contributed by atoms with van der Waals surface area (Å²) in [6, 6.07) is 0. The van der Waals surface area contributed by atoms with Crippen LogP contribution in [0.3, 0.4) is 0 Å². The number of nitrogens with zero attached hydrogens (tertiary/aromatic N) is 4. The van der Waals surface area contributed by atoms with Gasteiger partial charge in [0.2, 0.25) is 5.95 Å². The van der Waals surface area contributed by atoms with E-state index in [9.17, 15) is 9.90 Å². The van der Waals surface area contributed by atoms with Gasteiger partial charge in [0.1, 0.15) is 0 Å². The van der Waals surface area contributed by atoms with Gasteiger partial charge in [-0.25, -0.2) is 9.97 Å². The van der Waals surface area contributed by atoms with E-state index in [0.29, 0.717) is 25.6 Å². The summed E-state index contributed by atoms with van der Waals surface area (Å²) >= 11 is 0. The molecule has 2 aliphatic rings. The number of carbonyl (C=O) groups excluding carboxylic acids is 1. The smallest absolute Gasteiger partial charge is 0.399 e. The quantitative estimate of drug-likeness (QED) is 0.604. The Labute approximate surface area is 172 Å². The highest BCUT2D eigenvalue weighted by molar-refractivity contribution is 6.61. The number of aromatic nitrogens is 2. The Morgan fingerprint density at radius 1 is 1.31 bits per heavy atom. The van der Waals surface area contributed by atoms with E-state index in [1.165, 1.54) is 0 Å². The van der Waals surface area contributed by atoms with Gasteiger partial charge >= 0.3 is 7.12 Å². The van der Waals surface area contributed by atoms with Crippen LogP contribution in [0.5, 0.6) is 0 Å². The van der Waals surface area contributed by atoms with E-state index in [4.69, 9.17) is 14.4 Å². The lowest BCUT2D eigenvalue weighted by atomic mass is 9.81. The zero-order valence-corrected chi connectivity index (χ0v) is 17.8. The molecule has 2 saturated heterocycles. The second-order valence-corrected chi connectivity index (χ2v) is 8.92. The summed E-state index contributed by atoms with van der Waals surface area (Å²) in [4.78, 5) is 24.5. The van der Waals surface area contributed by atoms with Crippen LogP contribution in [0, 0.1) is 5.92 Å². The van der Waals surface area contributed by atoms with Crippen LogP contribution in [0.15, 0.2) is 12.4 Å². The predicted molar refractivity (Wildman–Crippen MR) is 109 cm³/mol. The molecule has 29 heavy (non-hydrogen) atoms. The molecule has 3 heterocycles. The fourth-order valence-electron chi connectivity index (χ4n) is 3.57. The lowest BCUT2D eigenvalue weighted by molar-refractivity contribution is -0.141. The molecule has 2 fully saturated rings. The molecule has 160 valence electrons. The van der Waals surface area contributed by atoms with E-state index in [-0.39, 0.29) is 5.92 Å². The molecule has 0 unspecified atom stereocenters. The van der Waals surface area contributed by atoms with Gasteiger partial charge in [-0.1, -0.05) is 0 Å². The van der Waals surface area contributed by atoms with Crippen molar-refractivity contribution in [1.29, 1.82) is 0 Å². The number of rotatable bonds is 6. The van der Waals surface area contributed by atoms with Gasteiger partial charge < -0.3 is 29.3 Å². The minimum absolute atomic E-state index is 0.251. The molecule has 9 nitrogen and oxygen atoms in total. The molecule has 10 heteroatoms. The van der Waals surface area contributed by atoms with E-state index in [0.717, 1.165) is 11.9 Å². The molecule has 1 aromatic rings. The zero-order chi connectivity index (χ0) is 21.4. The molecule has 2 aliphatic heterocycles. The average Bonchev–Trinajstić information content (AvgIpc) is 3.22. The Morgan fingerprint density at radius 2 is 1.90 bits per heavy atom. The SMILES string of the molecule is CN(C[C@@H]1CCN(C(=O)[C@@H](O)CO)C1)c1ncc(B2OC(C)(C)C(C)(C)O2)cn1. The van der Waals surface area contributed by atoms with Crippen LogP contribution in [-0.4, -0.2) is 88.7 Å². The van der Waals surface area contributed by atoms with Crippen LogP contribution >= 0.6 is 0 Å². The number of carbonyl (C=O) groups is 1. The van der Waals surface area contributed by atoms with Gasteiger partial charge in [-0.3, -0.25) is 4.79 Å². The van der Waals surface area contributed by atoms with Gasteiger partial charge in [-0.15, -0.1) is 0 Å². The highest BCUT2D eigenvalue weighted by Crippen LogP contribution is 2.36. The summed E-state index contributed by atoms with van der Waals surface area (Å²) in [7, 11) is 1.42. The maximum Gasteiger partial charge on any atom is 0.498 e. The zero-order valence-electron chi connectivity index (χ0n) is 17.8. The number of likely N-dealkylation sites (tertiary alicyclic amines) is 1. The van der Waals surface area contributed by atoms with Crippen molar-refractivity contribution >= 4 is 24.4 Å². The molecule has 0 radical (unpaired) electrons. The number of aliphatic hydroxyl groups is 2. The molecule has 0 spiro atoms. The van der Waals surface area contributed by atoms with Gasteiger partial charge in [0.05, 0.1) is 17.8 Å². The van der Waals surface area contributed by atoms with E-state index in [1.54, 1.807) is 17.3 Å². The van der Waals surface area contributed by atoms with Gasteiger partial charge in [0, 0.05) is 44.5 Å². The maximum absolute atomic E-state index is 12.0. The highest BCUT2D eigenvalue weighted by atomic mass is 16.7. The fourth-order valence-corrected chi connectivity index (χ4v) is 3.57. The van der Waals surface area contributed by atoms with Crippen molar-refractivity contribution in [3.05, 3.63) is 12.4 Å². The third kappa shape index (κ3) is 4.55. The molecule has 0 aliphatic carbocycles. The van der Waals surface area contributed by atoms with Crippen molar-refractivity contribution < 1.29 is 24.3 Å². The van der Waals surface area contributed by atoms with Crippen molar-refractivity contribution in [2.24, 2.45) is 5.92 Å². The summed E-state index contributed by atoms with van der Waals surface area (Å²) in [6.45, 7) is 9.28. The van der Waals surface area contributed by atoms with Crippen LogP contribution < -0.4 is 10.4 Å². The van der Waals surface area contributed by atoms with Crippen molar-refractivity contribution in [3.8, 4) is 0 Å². The number of amides is 1. The molecule has 3 rings (SSSR count). The van der Waals surface area contributed by atoms with Crippen LogP contribution in [0.4, 0.5) is 5.95 Å². The molecule has 2 N–H and O–H groups in total. The van der Waals surface area contributed by atoms with E-state index < -0.39 is 36.9 Å². The van der Waals surface area contributed by atoms with Crippen molar-refractivity contribution in [2.75, 3.05) is 38.2 Å². The minimum atomic E-state index is -1.34. The maximum atomic E-state index is 12.0. The Balaban J connectivity index is 1.56. The Kier molecular flexibility index (Phi) is 6.19. The van der Waals surface area contributed by atoms with Crippen LogP contribution in [0.1, 0.15) is 34.1 Å². The second-order valence-electron chi connectivity index (χ2n) is 8.92. The standard InChI is InChI=1S/C19H31BN4O5/c1-18(2)19(3,4)29-20(28-18)14-8-21-17(22-9-14)23(5)10-13-6-7-24(11-13)16(27)15(26)12-25/h8-9,13,15,25-26H,6-7,10-12H2,1-5H3/t13-,15-/m0/s1. The first-order valence-electron chi connectivity index (χ1n) is 10.0. The highest BCUT2D eigenvalue weighted by Gasteiger charge is 2.52. The lowest BCUT2D eigenvalue weighted by Gasteiger charge is -2.32. The van der Waals surface area contributed by atoms with Crippen molar-refractivity contribution in [3.63, 3.8) is 0 Å². The number of hydrogen-bond donors (Lipinski definition) is 2. The first kappa shape index (κ1) is 22.0. The second kappa shape index (κ2) is 8.18. The van der Waals surface area contributed by atoms with Gasteiger partial charge in [0.15, 0.2) is 6.10 Å². The Hall–Kier alpha value is -1.75. The molecular formula is C19H31BN4O5. The first-order chi connectivity index (χ1) is 13.5. The summed E-state index contributed by atoms with van der Waals surface area (Å²) in [5, 5.41) is 18.5. The lowest BCUT2D eigenvalue weighted by Crippen LogP contribution is -2.41. The number of aliphatic hydroxyl groups excluding tert-OH is 2. The fraction of sp³-hybridized carbons (Fsp3) is 0.737. The molecule has 2 atom stereocenters. The molecular weight excluding hydrogens is 375 g/mol. The van der Waals surface area contributed by atoms with Gasteiger partial charge in [0.25, 0.3) is 5.91 Å². The van der Waals surface area contributed by atoms with Gasteiger partial charge in [-0.05, 0) is 40.0 Å². The van der Waals surface area contributed by atoms with Crippen LogP contribution in [0.2, 0.25) is 0 Å². The van der Waals surface area contributed by atoms with E-state index in [1.807, 2.05) is 39.6 Å². The Morgan fingerprint density at radius 3 is 2.45 bits per heavy atom. The largest absolute Gasteiger partial charge is 0.498 e. The summed E-state index contributed by atoms with van der Waals surface area (Å²) in [6.07, 6.45) is 2.95. The van der Waals surface area contributed by atoms with E-state index in [2.05, 4.69) is 9.97 Å². The summed E-state index contributed by atoms with van der Waals surface area (Å²) < 4.78 is 12.1. The molecule has 1 amide bonds. The van der Waals surface area contributed by atoms with Crippen LogP contribution in [0.25, 0.3) is 0 Å². The summed E-state index contributed by atoms with van der Waals surface area (Å²) in [5.41, 5.74) is -0.0539. The molecule has 0 bridgehead atoms. The molecule has 0 aromatic carbocycles. The third-order valence-corrected chi connectivity index (χ3v) is 6.11.